The second-order valence-corrected chi connectivity index (χ2v) is 7.00. The van der Waals surface area contributed by atoms with Crippen molar-refractivity contribution in [2.45, 2.75) is 0 Å². The summed E-state index contributed by atoms with van der Waals surface area (Å²) in [5, 5.41) is 0. The summed E-state index contributed by atoms with van der Waals surface area (Å²) in [5.41, 5.74) is 1.28. The van der Waals surface area contributed by atoms with Crippen molar-refractivity contribution in [3.05, 3.63) is 80.5 Å². The van der Waals surface area contributed by atoms with E-state index in [0.717, 1.165) is 11.3 Å². The Morgan fingerprint density at radius 3 is 2.30 bits per heavy atom. The Morgan fingerprint density at radius 2 is 1.63 bits per heavy atom. The van der Waals surface area contributed by atoms with Crippen molar-refractivity contribution in [3.8, 4) is 11.5 Å². The fourth-order valence-electron chi connectivity index (χ4n) is 3.11. The first-order valence-electron chi connectivity index (χ1n) is 8.14. The van der Waals surface area contributed by atoms with Crippen molar-refractivity contribution in [1.82, 2.24) is 0 Å². The van der Waals surface area contributed by atoms with Crippen molar-refractivity contribution >= 4 is 28.7 Å². The van der Waals surface area contributed by atoms with Crippen LogP contribution >= 0.6 is 11.3 Å². The molecule has 0 bridgehead atoms. The van der Waals surface area contributed by atoms with Crippen LogP contribution in [0.2, 0.25) is 0 Å². The van der Waals surface area contributed by atoms with Gasteiger partial charge in [0.25, 0.3) is 0 Å². The molecular weight excluding hydrogens is 364 g/mol. The van der Waals surface area contributed by atoms with Gasteiger partial charge in [-0.15, -0.1) is 11.3 Å². The summed E-state index contributed by atoms with van der Waals surface area (Å²) < 4.78 is 10.3. The number of rotatable bonds is 4. The summed E-state index contributed by atoms with van der Waals surface area (Å²) in [4.78, 5) is 39.2. The molecule has 0 unspecified atom stereocenters. The van der Waals surface area contributed by atoms with Crippen LogP contribution in [-0.2, 0) is 0 Å². The van der Waals surface area contributed by atoms with E-state index in [9.17, 15) is 14.4 Å². The van der Waals surface area contributed by atoms with Gasteiger partial charge in [0.1, 0.15) is 11.5 Å². The molecule has 0 saturated heterocycles. The number of benzene rings is 2. The van der Waals surface area contributed by atoms with Gasteiger partial charge in [-0.25, -0.2) is 0 Å². The SMILES string of the molecule is COc1ccc(C(=O)c2cc3c(s2)C(=O)c2c(OC)cccc2C3=O)cc1. The zero-order chi connectivity index (χ0) is 19.1. The van der Waals surface area contributed by atoms with Gasteiger partial charge in [0.05, 0.1) is 29.5 Å². The molecule has 134 valence electrons. The monoisotopic (exact) mass is 378 g/mol. The zero-order valence-electron chi connectivity index (χ0n) is 14.6. The second kappa shape index (κ2) is 6.48. The molecule has 6 heteroatoms. The number of fused-ring (bicyclic) bond motifs is 2. The van der Waals surface area contributed by atoms with E-state index in [2.05, 4.69) is 0 Å². The first kappa shape index (κ1) is 17.2. The van der Waals surface area contributed by atoms with Crippen molar-refractivity contribution in [2.75, 3.05) is 14.2 Å². The third-order valence-corrected chi connectivity index (χ3v) is 5.61. The topological polar surface area (TPSA) is 69.7 Å². The third-order valence-electron chi connectivity index (χ3n) is 4.48. The molecule has 4 rings (SSSR count). The highest BCUT2D eigenvalue weighted by atomic mass is 32.1. The number of carbonyl (C=O) groups excluding carboxylic acids is 3. The molecule has 0 aliphatic heterocycles. The van der Waals surface area contributed by atoms with E-state index in [-0.39, 0.29) is 33.4 Å². The maximum absolute atomic E-state index is 12.9. The molecule has 0 amide bonds. The minimum absolute atomic E-state index is 0.242. The summed E-state index contributed by atoms with van der Waals surface area (Å²) in [6.45, 7) is 0. The van der Waals surface area contributed by atoms with E-state index in [1.165, 1.54) is 13.2 Å². The maximum Gasteiger partial charge on any atom is 0.208 e. The summed E-state index contributed by atoms with van der Waals surface area (Å²) in [5.74, 6) is 0.186. The van der Waals surface area contributed by atoms with Gasteiger partial charge < -0.3 is 9.47 Å². The minimum atomic E-state index is -0.296. The quantitative estimate of drug-likeness (QED) is 0.506. The lowest BCUT2D eigenvalue weighted by Gasteiger charge is -2.16. The number of ether oxygens (including phenoxy) is 2. The van der Waals surface area contributed by atoms with Crippen molar-refractivity contribution in [1.29, 1.82) is 0 Å². The molecule has 0 spiro atoms. The summed E-state index contributed by atoms with van der Waals surface area (Å²) in [6, 6.07) is 13.1. The average Bonchev–Trinajstić information content (AvgIpc) is 3.17. The third kappa shape index (κ3) is 2.65. The molecule has 0 radical (unpaired) electrons. The Kier molecular flexibility index (Phi) is 4.12. The van der Waals surface area contributed by atoms with Crippen molar-refractivity contribution < 1.29 is 23.9 Å². The van der Waals surface area contributed by atoms with Crippen LogP contribution in [-0.4, -0.2) is 31.6 Å². The molecule has 0 atom stereocenters. The van der Waals surface area contributed by atoms with Gasteiger partial charge in [0, 0.05) is 16.7 Å². The number of ketones is 3. The predicted molar refractivity (Wildman–Crippen MR) is 101 cm³/mol. The molecule has 2 aromatic carbocycles. The molecule has 27 heavy (non-hydrogen) atoms. The van der Waals surface area contributed by atoms with Gasteiger partial charge in [-0.3, -0.25) is 14.4 Å². The van der Waals surface area contributed by atoms with Gasteiger partial charge in [-0.1, -0.05) is 12.1 Å². The fourth-order valence-corrected chi connectivity index (χ4v) is 4.17. The van der Waals surface area contributed by atoms with Crippen molar-refractivity contribution in [3.63, 3.8) is 0 Å². The van der Waals surface area contributed by atoms with E-state index in [4.69, 9.17) is 9.47 Å². The summed E-state index contributed by atoms with van der Waals surface area (Å²) in [7, 11) is 3.00. The van der Waals surface area contributed by atoms with Crippen LogP contribution in [0.5, 0.6) is 11.5 Å². The Hall–Kier alpha value is -3.25. The lowest BCUT2D eigenvalue weighted by molar-refractivity contribution is 0.0980. The maximum atomic E-state index is 12.9. The summed E-state index contributed by atoms with van der Waals surface area (Å²) in [6.07, 6.45) is 0. The largest absolute Gasteiger partial charge is 0.497 e. The van der Waals surface area contributed by atoms with E-state index >= 15 is 0 Å². The van der Waals surface area contributed by atoms with Gasteiger partial charge >= 0.3 is 0 Å². The van der Waals surface area contributed by atoms with Gasteiger partial charge in [-0.2, -0.15) is 0 Å². The van der Waals surface area contributed by atoms with Crippen LogP contribution in [0.25, 0.3) is 0 Å². The Labute approximate surface area is 159 Å². The van der Waals surface area contributed by atoms with Gasteiger partial charge in [0.15, 0.2) is 5.78 Å². The van der Waals surface area contributed by atoms with E-state index in [1.807, 2.05) is 0 Å². The van der Waals surface area contributed by atoms with E-state index < -0.39 is 0 Å². The standard InChI is InChI=1S/C21H14O5S/c1-25-12-8-6-11(7-9-12)18(22)16-10-14-19(23)13-4-3-5-15(26-2)17(13)20(24)21(14)27-16/h3-10H,1-2H3. The molecule has 1 aromatic heterocycles. The van der Waals surface area contributed by atoms with E-state index in [0.29, 0.717) is 27.5 Å². The van der Waals surface area contributed by atoms with Gasteiger partial charge in [-0.05, 0) is 36.4 Å². The zero-order valence-corrected chi connectivity index (χ0v) is 15.4. The van der Waals surface area contributed by atoms with Crippen molar-refractivity contribution in [2.24, 2.45) is 0 Å². The first-order chi connectivity index (χ1) is 13.0. The molecule has 1 aliphatic carbocycles. The molecule has 1 aliphatic rings. The molecule has 5 nitrogen and oxygen atoms in total. The second-order valence-electron chi connectivity index (χ2n) is 5.95. The van der Waals surface area contributed by atoms with Gasteiger partial charge in [0.2, 0.25) is 11.6 Å². The van der Waals surface area contributed by atoms with Crippen LogP contribution in [0.1, 0.15) is 46.4 Å². The first-order valence-corrected chi connectivity index (χ1v) is 8.95. The lowest BCUT2D eigenvalue weighted by Crippen LogP contribution is -2.19. The predicted octanol–water partition coefficient (Wildman–Crippen LogP) is 3.77. The fraction of sp³-hybridized carbons (Fsp3) is 0.0952. The highest BCUT2D eigenvalue weighted by Gasteiger charge is 2.35. The lowest BCUT2D eigenvalue weighted by atomic mass is 9.88. The molecule has 3 aromatic rings. The molecular formula is C21H14O5S. The molecule has 0 saturated carbocycles. The smallest absolute Gasteiger partial charge is 0.208 e. The Bertz CT molecular complexity index is 1090. The normalized spacial score (nSPS) is 12.4. The molecule has 1 heterocycles. The summed E-state index contributed by atoms with van der Waals surface area (Å²) >= 11 is 1.04. The Balaban J connectivity index is 1.78. The highest BCUT2D eigenvalue weighted by molar-refractivity contribution is 7.17. The van der Waals surface area contributed by atoms with Crippen LogP contribution < -0.4 is 9.47 Å². The number of hydrogen-bond donors (Lipinski definition) is 0. The van der Waals surface area contributed by atoms with Crippen LogP contribution in [0.3, 0.4) is 0 Å². The molecule has 0 N–H and O–H groups in total. The Morgan fingerprint density at radius 1 is 0.889 bits per heavy atom. The number of thiophene rings is 1. The van der Waals surface area contributed by atoms with Crippen LogP contribution in [0.4, 0.5) is 0 Å². The minimum Gasteiger partial charge on any atom is -0.497 e. The highest BCUT2D eigenvalue weighted by Crippen LogP contribution is 2.37. The van der Waals surface area contributed by atoms with E-state index in [1.54, 1.807) is 49.6 Å². The number of carbonyl (C=O) groups is 3. The van der Waals surface area contributed by atoms with Crippen LogP contribution in [0, 0.1) is 0 Å². The number of methoxy groups -OCH3 is 2. The number of hydrogen-bond acceptors (Lipinski definition) is 6. The molecule has 0 fully saturated rings. The van der Waals surface area contributed by atoms with Crippen LogP contribution in [0.15, 0.2) is 48.5 Å². The average molecular weight is 378 g/mol.